The van der Waals surface area contributed by atoms with Gasteiger partial charge in [0, 0.05) is 16.6 Å². The lowest BCUT2D eigenvalue weighted by atomic mass is 10.0. The summed E-state index contributed by atoms with van der Waals surface area (Å²) in [5, 5.41) is 18.8. The van der Waals surface area contributed by atoms with Crippen LogP contribution < -0.4 is 10.2 Å². The Morgan fingerprint density at radius 1 is 1.23 bits per heavy atom. The number of sulfonamides is 1. The molecule has 0 bridgehead atoms. The standard InChI is InChI=1S/C20H23BrN2O6S/c1-13-2-8-18(21)14(10-13)12-29-16-4-6-17(7-5-16)30(27,28)23-11-15(24)3-9-19(23)20(25)22-26/h2,4-8,10,15,19,24,26H,3,9,11-12H2,1H3,(H,22,25)/t15-,19-/m1/s1. The molecule has 1 fully saturated rings. The molecule has 1 heterocycles. The third-order valence-electron chi connectivity index (χ3n) is 4.95. The number of nitrogens with zero attached hydrogens (tertiary/aromatic N) is 1. The van der Waals surface area contributed by atoms with Gasteiger partial charge in [0.25, 0.3) is 5.91 Å². The number of carbonyl (C=O) groups is 1. The highest BCUT2D eigenvalue weighted by Gasteiger charge is 2.40. The second-order valence-electron chi connectivity index (χ2n) is 7.15. The van der Waals surface area contributed by atoms with Gasteiger partial charge in [0.15, 0.2) is 0 Å². The van der Waals surface area contributed by atoms with Gasteiger partial charge in [-0.2, -0.15) is 4.31 Å². The molecule has 10 heteroatoms. The van der Waals surface area contributed by atoms with E-state index in [1.54, 1.807) is 0 Å². The van der Waals surface area contributed by atoms with E-state index >= 15 is 0 Å². The molecule has 0 spiro atoms. The lowest BCUT2D eigenvalue weighted by molar-refractivity contribution is -0.135. The highest BCUT2D eigenvalue weighted by molar-refractivity contribution is 9.10. The van der Waals surface area contributed by atoms with Gasteiger partial charge in [0.05, 0.1) is 11.0 Å². The molecule has 8 nitrogen and oxygen atoms in total. The number of amides is 1. The molecule has 0 aliphatic carbocycles. The molecule has 1 amide bonds. The first-order valence-electron chi connectivity index (χ1n) is 9.34. The average molecular weight is 499 g/mol. The van der Waals surface area contributed by atoms with Gasteiger partial charge in [-0.05, 0) is 50.1 Å². The summed E-state index contributed by atoms with van der Waals surface area (Å²) in [4.78, 5) is 11.9. The van der Waals surface area contributed by atoms with Gasteiger partial charge in [-0.3, -0.25) is 10.0 Å². The lowest BCUT2D eigenvalue weighted by Crippen LogP contribution is -2.54. The zero-order valence-corrected chi connectivity index (χ0v) is 18.7. The maximum absolute atomic E-state index is 13.0. The van der Waals surface area contributed by atoms with Crippen LogP contribution >= 0.6 is 15.9 Å². The smallest absolute Gasteiger partial charge is 0.261 e. The summed E-state index contributed by atoms with van der Waals surface area (Å²) >= 11 is 3.48. The van der Waals surface area contributed by atoms with Gasteiger partial charge in [-0.15, -0.1) is 0 Å². The van der Waals surface area contributed by atoms with Crippen LogP contribution in [0.25, 0.3) is 0 Å². The number of ether oxygens (including phenoxy) is 1. The molecule has 30 heavy (non-hydrogen) atoms. The van der Waals surface area contributed by atoms with E-state index in [-0.39, 0.29) is 24.3 Å². The van der Waals surface area contributed by atoms with E-state index in [1.165, 1.54) is 29.7 Å². The Kier molecular flexibility index (Phi) is 7.14. The summed E-state index contributed by atoms with van der Waals surface area (Å²) in [6, 6.07) is 10.7. The number of rotatable bonds is 6. The number of carbonyl (C=O) groups excluding carboxylic acids is 1. The highest BCUT2D eigenvalue weighted by Crippen LogP contribution is 2.27. The Hall–Kier alpha value is -1.98. The number of hydroxylamine groups is 1. The summed E-state index contributed by atoms with van der Waals surface area (Å²) in [5.41, 5.74) is 3.57. The van der Waals surface area contributed by atoms with E-state index in [9.17, 15) is 18.3 Å². The van der Waals surface area contributed by atoms with Crippen molar-refractivity contribution in [1.82, 2.24) is 9.79 Å². The van der Waals surface area contributed by atoms with E-state index in [1.807, 2.05) is 25.1 Å². The van der Waals surface area contributed by atoms with Crippen molar-refractivity contribution >= 4 is 31.9 Å². The lowest BCUT2D eigenvalue weighted by Gasteiger charge is -2.35. The van der Waals surface area contributed by atoms with Crippen molar-refractivity contribution in [2.24, 2.45) is 0 Å². The second-order valence-corrected chi connectivity index (χ2v) is 9.90. The molecule has 3 N–H and O–H groups in total. The number of hydrogen-bond acceptors (Lipinski definition) is 6. The van der Waals surface area contributed by atoms with E-state index in [0.717, 1.165) is 19.9 Å². The Morgan fingerprint density at radius 3 is 2.60 bits per heavy atom. The summed E-state index contributed by atoms with van der Waals surface area (Å²) in [6.45, 7) is 2.07. The quantitative estimate of drug-likeness (QED) is 0.415. The van der Waals surface area contributed by atoms with Crippen LogP contribution in [-0.4, -0.2) is 47.6 Å². The van der Waals surface area contributed by atoms with Crippen LogP contribution in [0, 0.1) is 6.92 Å². The van der Waals surface area contributed by atoms with Crippen LogP contribution in [0.15, 0.2) is 51.8 Å². The first-order chi connectivity index (χ1) is 14.2. The minimum absolute atomic E-state index is 0.0311. The molecular weight excluding hydrogens is 476 g/mol. The van der Waals surface area contributed by atoms with Crippen molar-refractivity contribution in [3.8, 4) is 5.75 Å². The maximum atomic E-state index is 13.0. The summed E-state index contributed by atoms with van der Waals surface area (Å²) < 4.78 is 33.7. The Balaban J connectivity index is 1.76. The number of benzene rings is 2. The molecular formula is C20H23BrN2O6S. The molecule has 3 rings (SSSR count). The molecule has 0 aromatic heterocycles. The molecule has 1 saturated heterocycles. The third kappa shape index (κ3) is 5.01. The molecule has 2 aromatic rings. The predicted octanol–water partition coefficient (Wildman–Crippen LogP) is 2.36. The zero-order chi connectivity index (χ0) is 21.9. The van der Waals surface area contributed by atoms with Crippen molar-refractivity contribution in [1.29, 1.82) is 0 Å². The number of β-amino-alcohol motifs (C(OH)–C–C–N with tert-alkyl or cyclic N) is 1. The Labute approximate surface area is 183 Å². The molecule has 2 atom stereocenters. The highest BCUT2D eigenvalue weighted by atomic mass is 79.9. The largest absolute Gasteiger partial charge is 0.489 e. The van der Waals surface area contributed by atoms with Gasteiger partial charge in [-0.1, -0.05) is 33.6 Å². The number of aryl methyl sites for hydroxylation is 1. The van der Waals surface area contributed by atoms with Crippen LogP contribution in [0.3, 0.4) is 0 Å². The van der Waals surface area contributed by atoms with Crippen LogP contribution in [0.2, 0.25) is 0 Å². The molecule has 1 aliphatic rings. The van der Waals surface area contributed by atoms with Crippen LogP contribution in [0.4, 0.5) is 0 Å². The number of nitrogens with one attached hydrogen (secondary N) is 1. The molecule has 2 aromatic carbocycles. The SMILES string of the molecule is Cc1ccc(Br)c(COc2ccc(S(=O)(=O)N3C[C@H](O)CC[C@@H]3C(=O)NO)cc2)c1. The fraction of sp³-hybridized carbons (Fsp3) is 0.350. The molecule has 0 saturated carbocycles. The van der Waals surface area contributed by atoms with Crippen molar-refractivity contribution in [2.45, 2.75) is 43.4 Å². The van der Waals surface area contributed by atoms with Gasteiger partial charge >= 0.3 is 0 Å². The van der Waals surface area contributed by atoms with Crippen LogP contribution in [0.1, 0.15) is 24.0 Å². The molecule has 1 aliphatic heterocycles. The number of hydrogen-bond donors (Lipinski definition) is 3. The third-order valence-corrected chi connectivity index (χ3v) is 7.61. The van der Waals surface area contributed by atoms with Gasteiger partial charge < -0.3 is 9.84 Å². The second kappa shape index (κ2) is 9.44. The van der Waals surface area contributed by atoms with Crippen molar-refractivity contribution in [3.63, 3.8) is 0 Å². The van der Waals surface area contributed by atoms with Gasteiger partial charge in [-0.25, -0.2) is 13.9 Å². The van der Waals surface area contributed by atoms with E-state index in [0.29, 0.717) is 12.4 Å². The predicted molar refractivity (Wildman–Crippen MR) is 113 cm³/mol. The topological polar surface area (TPSA) is 116 Å². The first-order valence-corrected chi connectivity index (χ1v) is 11.6. The molecule has 0 unspecified atom stereocenters. The summed E-state index contributed by atoms with van der Waals surface area (Å²) in [6.07, 6.45) is -0.497. The number of aliphatic hydroxyl groups excluding tert-OH is 1. The zero-order valence-electron chi connectivity index (χ0n) is 16.3. The Bertz CT molecular complexity index is 1010. The number of piperidine rings is 1. The fourth-order valence-corrected chi connectivity index (χ4v) is 5.36. The van der Waals surface area contributed by atoms with E-state index in [4.69, 9.17) is 9.94 Å². The van der Waals surface area contributed by atoms with Crippen molar-refractivity contribution in [3.05, 3.63) is 58.1 Å². The summed E-state index contributed by atoms with van der Waals surface area (Å²) in [5.74, 6) is -0.333. The monoisotopic (exact) mass is 498 g/mol. The van der Waals surface area contributed by atoms with E-state index in [2.05, 4.69) is 15.9 Å². The van der Waals surface area contributed by atoms with Gasteiger partial charge in [0.1, 0.15) is 18.4 Å². The first kappa shape index (κ1) is 22.7. The van der Waals surface area contributed by atoms with Crippen LogP contribution in [-0.2, 0) is 21.4 Å². The average Bonchev–Trinajstić information content (AvgIpc) is 2.74. The Morgan fingerprint density at radius 2 is 1.93 bits per heavy atom. The maximum Gasteiger partial charge on any atom is 0.261 e. The van der Waals surface area contributed by atoms with Crippen molar-refractivity contribution < 1.29 is 28.3 Å². The van der Waals surface area contributed by atoms with Crippen molar-refractivity contribution in [2.75, 3.05) is 6.54 Å². The minimum Gasteiger partial charge on any atom is -0.489 e. The molecule has 162 valence electrons. The number of halogens is 1. The normalized spacial score (nSPS) is 20.0. The minimum atomic E-state index is -4.06. The van der Waals surface area contributed by atoms with Gasteiger partial charge in [0.2, 0.25) is 10.0 Å². The van der Waals surface area contributed by atoms with Crippen LogP contribution in [0.5, 0.6) is 5.75 Å². The number of aliphatic hydroxyl groups is 1. The summed E-state index contributed by atoms with van der Waals surface area (Å²) in [7, 11) is -4.06. The fourth-order valence-electron chi connectivity index (χ4n) is 3.34. The van der Waals surface area contributed by atoms with E-state index < -0.39 is 28.1 Å². The molecule has 0 radical (unpaired) electrons.